The van der Waals surface area contributed by atoms with Crippen molar-refractivity contribution in [2.75, 3.05) is 13.2 Å². The summed E-state index contributed by atoms with van der Waals surface area (Å²) in [6, 6.07) is -0.801. The Labute approximate surface area is 349 Å². The SMILES string of the molecule is CCCCCCCC/C=C\CCCCCCCCCCCCCC(=O)N[C@H](CO[C@H]1O[C@H](CO)[C@H](O)[C@H](O)[C@H]1O)[C@@H](O)/C=C/CCCCCCCCCCCCC. The number of hydrogen-bond donors (Lipinski definition) is 6. The highest BCUT2D eigenvalue weighted by atomic mass is 16.7. The highest BCUT2D eigenvalue weighted by Crippen LogP contribution is 2.23. The molecule has 1 saturated heterocycles. The minimum Gasteiger partial charge on any atom is -0.394 e. The van der Waals surface area contributed by atoms with E-state index in [1.807, 2.05) is 6.08 Å². The summed E-state index contributed by atoms with van der Waals surface area (Å²) in [6.45, 7) is 3.77. The van der Waals surface area contributed by atoms with E-state index >= 15 is 0 Å². The van der Waals surface area contributed by atoms with Crippen LogP contribution < -0.4 is 5.32 Å². The van der Waals surface area contributed by atoms with Crippen molar-refractivity contribution in [2.45, 2.75) is 262 Å². The second kappa shape index (κ2) is 38.8. The van der Waals surface area contributed by atoms with Crippen molar-refractivity contribution in [1.29, 1.82) is 0 Å². The Morgan fingerprint density at radius 2 is 0.982 bits per heavy atom. The Morgan fingerprint density at radius 1 is 0.579 bits per heavy atom. The van der Waals surface area contributed by atoms with E-state index in [1.165, 1.54) is 161 Å². The van der Waals surface area contributed by atoms with Gasteiger partial charge < -0.3 is 40.3 Å². The molecule has 0 aromatic heterocycles. The van der Waals surface area contributed by atoms with Crippen LogP contribution in [-0.2, 0) is 14.3 Å². The first kappa shape index (κ1) is 53.7. The summed E-state index contributed by atoms with van der Waals surface area (Å²) in [7, 11) is 0. The fourth-order valence-electron chi connectivity index (χ4n) is 7.62. The first-order valence-electron chi connectivity index (χ1n) is 24.1. The molecule has 336 valence electrons. The van der Waals surface area contributed by atoms with E-state index in [1.54, 1.807) is 6.08 Å². The van der Waals surface area contributed by atoms with Crippen molar-refractivity contribution in [3.63, 3.8) is 0 Å². The van der Waals surface area contributed by atoms with Gasteiger partial charge in [-0.05, 0) is 44.9 Å². The molecule has 9 heteroatoms. The van der Waals surface area contributed by atoms with Crippen molar-refractivity contribution >= 4 is 5.91 Å². The Kier molecular flexibility index (Phi) is 36.6. The summed E-state index contributed by atoms with van der Waals surface area (Å²) >= 11 is 0. The fourth-order valence-corrected chi connectivity index (χ4v) is 7.62. The third-order valence-corrected chi connectivity index (χ3v) is 11.5. The van der Waals surface area contributed by atoms with Crippen LogP contribution in [0.15, 0.2) is 24.3 Å². The normalized spacial score (nSPS) is 21.1. The maximum atomic E-state index is 13.0. The molecule has 1 amide bonds. The molecule has 0 aliphatic carbocycles. The van der Waals surface area contributed by atoms with Crippen LogP contribution in [0.1, 0.15) is 219 Å². The molecule has 0 saturated carbocycles. The zero-order chi connectivity index (χ0) is 41.6. The van der Waals surface area contributed by atoms with E-state index in [4.69, 9.17) is 9.47 Å². The minimum absolute atomic E-state index is 0.177. The molecule has 9 nitrogen and oxygen atoms in total. The molecular weight excluding hydrogens is 719 g/mol. The van der Waals surface area contributed by atoms with Gasteiger partial charge in [0.1, 0.15) is 24.4 Å². The van der Waals surface area contributed by atoms with Gasteiger partial charge in [-0.3, -0.25) is 4.79 Å². The lowest BCUT2D eigenvalue weighted by molar-refractivity contribution is -0.302. The molecule has 1 aliphatic heterocycles. The van der Waals surface area contributed by atoms with Gasteiger partial charge in [0.05, 0.1) is 25.4 Å². The van der Waals surface area contributed by atoms with E-state index in [-0.39, 0.29) is 12.5 Å². The number of rotatable bonds is 40. The largest absolute Gasteiger partial charge is 0.394 e. The summed E-state index contributed by atoms with van der Waals surface area (Å²) in [5, 5.41) is 54.2. The molecule has 0 spiro atoms. The molecule has 0 aromatic carbocycles. The average Bonchev–Trinajstić information content (AvgIpc) is 3.21. The van der Waals surface area contributed by atoms with E-state index in [0.717, 1.165) is 38.5 Å². The van der Waals surface area contributed by atoms with E-state index in [2.05, 4.69) is 31.3 Å². The summed E-state index contributed by atoms with van der Waals surface area (Å²) in [5.41, 5.74) is 0. The number of allylic oxidation sites excluding steroid dienone is 3. The molecule has 1 fully saturated rings. The second-order valence-electron chi connectivity index (χ2n) is 16.9. The van der Waals surface area contributed by atoms with E-state index in [0.29, 0.717) is 6.42 Å². The number of ether oxygens (including phenoxy) is 2. The van der Waals surface area contributed by atoms with Crippen LogP contribution in [0.2, 0.25) is 0 Å². The standard InChI is InChI=1S/C48H91NO8/c1-3-5-7-9-11-13-15-17-18-19-20-21-22-23-24-26-28-30-32-34-36-38-44(52)49-41(40-56-48-47(55)46(54)45(53)43(39-50)57-48)42(51)37-35-33-31-29-27-25-16-14-12-10-8-6-4-2/h17-18,35,37,41-43,45-48,50-51,53-55H,3-16,19-34,36,38-40H2,1-2H3,(H,49,52)/b18-17-,37-35+/t41-,42+,43-,45+,46+,47-,48+/m1/s1. The van der Waals surface area contributed by atoms with Crippen LogP contribution in [0.4, 0.5) is 0 Å². The number of aliphatic hydroxyl groups is 5. The maximum absolute atomic E-state index is 13.0. The highest BCUT2D eigenvalue weighted by molar-refractivity contribution is 5.76. The lowest BCUT2D eigenvalue weighted by Gasteiger charge is -2.40. The topological polar surface area (TPSA) is 149 Å². The van der Waals surface area contributed by atoms with Crippen LogP contribution >= 0.6 is 0 Å². The molecule has 0 aromatic rings. The molecular formula is C48H91NO8. The van der Waals surface area contributed by atoms with Crippen molar-refractivity contribution in [1.82, 2.24) is 5.32 Å². The predicted octanol–water partition coefficient (Wildman–Crippen LogP) is 10.3. The van der Waals surface area contributed by atoms with Gasteiger partial charge in [-0.15, -0.1) is 0 Å². The lowest BCUT2D eigenvalue weighted by atomic mass is 9.99. The first-order valence-corrected chi connectivity index (χ1v) is 24.1. The van der Waals surface area contributed by atoms with Crippen LogP contribution in [0.25, 0.3) is 0 Å². The zero-order valence-corrected chi connectivity index (χ0v) is 36.9. The van der Waals surface area contributed by atoms with Crippen LogP contribution in [0.5, 0.6) is 0 Å². The molecule has 1 aliphatic rings. The summed E-state index contributed by atoms with van der Waals surface area (Å²) in [6.07, 6.45) is 39.3. The maximum Gasteiger partial charge on any atom is 0.220 e. The summed E-state index contributed by atoms with van der Waals surface area (Å²) in [5.74, 6) is -0.177. The molecule has 57 heavy (non-hydrogen) atoms. The van der Waals surface area contributed by atoms with Gasteiger partial charge in [-0.2, -0.15) is 0 Å². The average molecular weight is 810 g/mol. The van der Waals surface area contributed by atoms with Gasteiger partial charge in [0.25, 0.3) is 0 Å². The lowest BCUT2D eigenvalue weighted by Crippen LogP contribution is -2.60. The predicted molar refractivity (Wildman–Crippen MR) is 235 cm³/mol. The summed E-state index contributed by atoms with van der Waals surface area (Å²) in [4.78, 5) is 13.0. The van der Waals surface area contributed by atoms with Crippen molar-refractivity contribution in [3.05, 3.63) is 24.3 Å². The molecule has 0 unspecified atom stereocenters. The molecule has 6 N–H and O–H groups in total. The molecule has 0 bridgehead atoms. The highest BCUT2D eigenvalue weighted by Gasteiger charge is 2.44. The summed E-state index contributed by atoms with van der Waals surface area (Å²) < 4.78 is 11.2. The minimum atomic E-state index is -1.56. The monoisotopic (exact) mass is 810 g/mol. The number of hydrogen-bond acceptors (Lipinski definition) is 8. The van der Waals surface area contributed by atoms with E-state index in [9.17, 15) is 30.3 Å². The van der Waals surface area contributed by atoms with Crippen LogP contribution in [0, 0.1) is 0 Å². The first-order chi connectivity index (χ1) is 27.8. The van der Waals surface area contributed by atoms with Gasteiger partial charge in [-0.1, -0.05) is 192 Å². The van der Waals surface area contributed by atoms with Crippen LogP contribution in [-0.4, -0.2) is 87.5 Å². The van der Waals surface area contributed by atoms with Gasteiger partial charge in [0.2, 0.25) is 5.91 Å². The Balaban J connectivity index is 2.29. The third-order valence-electron chi connectivity index (χ3n) is 11.5. The Morgan fingerprint density at radius 3 is 1.42 bits per heavy atom. The van der Waals surface area contributed by atoms with Gasteiger partial charge >= 0.3 is 0 Å². The van der Waals surface area contributed by atoms with Crippen LogP contribution in [0.3, 0.4) is 0 Å². The number of aliphatic hydroxyl groups excluding tert-OH is 5. The Hall–Kier alpha value is -1.33. The number of carbonyl (C=O) groups excluding carboxylic acids is 1. The quantitative estimate of drug-likeness (QED) is 0.0265. The van der Waals surface area contributed by atoms with Crippen molar-refractivity contribution in [3.8, 4) is 0 Å². The molecule has 7 atom stereocenters. The van der Waals surface area contributed by atoms with Gasteiger partial charge in [-0.25, -0.2) is 0 Å². The molecule has 1 rings (SSSR count). The third kappa shape index (κ3) is 29.5. The van der Waals surface area contributed by atoms with Gasteiger partial charge in [0, 0.05) is 6.42 Å². The number of carbonyl (C=O) groups is 1. The van der Waals surface area contributed by atoms with Crippen molar-refractivity contribution in [2.24, 2.45) is 0 Å². The Bertz CT molecular complexity index is 945. The number of nitrogens with one attached hydrogen (secondary N) is 1. The van der Waals surface area contributed by atoms with E-state index < -0.39 is 49.5 Å². The molecule has 1 heterocycles. The number of amides is 1. The zero-order valence-electron chi connectivity index (χ0n) is 36.9. The fraction of sp³-hybridized carbons (Fsp3) is 0.896. The number of unbranched alkanes of at least 4 members (excludes halogenated alkanes) is 28. The second-order valence-corrected chi connectivity index (χ2v) is 16.9. The molecule has 0 radical (unpaired) electrons. The van der Waals surface area contributed by atoms with Crippen molar-refractivity contribution < 1.29 is 39.8 Å². The van der Waals surface area contributed by atoms with Gasteiger partial charge in [0.15, 0.2) is 6.29 Å². The smallest absolute Gasteiger partial charge is 0.220 e.